The molecule has 4 nitrogen and oxygen atoms in total. The highest BCUT2D eigenvalue weighted by atomic mass is 16.3. The van der Waals surface area contributed by atoms with Gasteiger partial charge in [-0.05, 0) is 62.0 Å². The average Bonchev–Trinajstić information content (AvgIpc) is 3.60. The van der Waals surface area contributed by atoms with Gasteiger partial charge in [-0.1, -0.05) is 158 Å². The Bertz CT molecular complexity index is 2910. The molecule has 0 aliphatic carbocycles. The molecule has 0 bridgehead atoms. The number of para-hydroxylation sites is 1. The maximum absolute atomic E-state index is 6.25. The van der Waals surface area contributed by atoms with Gasteiger partial charge in [0.2, 0.25) is 0 Å². The highest BCUT2D eigenvalue weighted by Gasteiger charge is 2.18. The lowest BCUT2D eigenvalue weighted by Crippen LogP contribution is -2.00. The number of hydrogen-bond donors (Lipinski definition) is 0. The van der Waals surface area contributed by atoms with Gasteiger partial charge in [0, 0.05) is 27.5 Å². The predicted molar refractivity (Wildman–Crippen MR) is 209 cm³/mol. The van der Waals surface area contributed by atoms with E-state index in [-0.39, 0.29) is 0 Å². The van der Waals surface area contributed by atoms with Crippen LogP contribution in [0.15, 0.2) is 180 Å². The van der Waals surface area contributed by atoms with E-state index in [9.17, 15) is 0 Å². The van der Waals surface area contributed by atoms with E-state index in [1.807, 2.05) is 48.5 Å². The number of fused-ring (bicyclic) bond motifs is 5. The van der Waals surface area contributed by atoms with Crippen molar-refractivity contribution in [3.05, 3.63) is 176 Å². The van der Waals surface area contributed by atoms with Crippen molar-refractivity contribution in [1.29, 1.82) is 0 Å². The molecule has 0 spiro atoms. The zero-order valence-electron chi connectivity index (χ0n) is 27.5. The summed E-state index contributed by atoms with van der Waals surface area (Å²) in [5.41, 5.74) is 9.17. The Hall–Kier alpha value is -6.91. The molecule has 0 aliphatic rings. The van der Waals surface area contributed by atoms with Crippen LogP contribution < -0.4 is 0 Å². The summed E-state index contributed by atoms with van der Waals surface area (Å²) < 4.78 is 6.25. The summed E-state index contributed by atoms with van der Waals surface area (Å²) in [7, 11) is 0. The summed E-state index contributed by atoms with van der Waals surface area (Å²) in [6.45, 7) is 0. The van der Waals surface area contributed by atoms with E-state index >= 15 is 0 Å². The lowest BCUT2D eigenvalue weighted by atomic mass is 9.93. The number of aromatic nitrogens is 3. The zero-order valence-corrected chi connectivity index (χ0v) is 27.5. The van der Waals surface area contributed by atoms with Gasteiger partial charge >= 0.3 is 0 Å². The molecule has 0 unspecified atom stereocenters. The first-order valence-electron chi connectivity index (χ1n) is 17.1. The second-order valence-electron chi connectivity index (χ2n) is 12.8. The SMILES string of the molecule is c1ccc(-c2nc(-c3ccc(-c4ccc5ccccc5c4)cc3)nc(-c3cccc4c(-c5cccc6oc7ccccc7c56)cccc34)n2)cc1. The first kappa shape index (κ1) is 29.0. The topological polar surface area (TPSA) is 51.8 Å². The van der Waals surface area contributed by atoms with Gasteiger partial charge in [0.05, 0.1) is 0 Å². The molecule has 0 amide bonds. The Balaban J connectivity index is 1.12. The summed E-state index contributed by atoms with van der Waals surface area (Å²) in [5.74, 6) is 1.90. The molecule has 0 N–H and O–H groups in total. The van der Waals surface area contributed by atoms with E-state index in [2.05, 4.69) is 127 Å². The van der Waals surface area contributed by atoms with Crippen molar-refractivity contribution >= 4 is 43.5 Å². The van der Waals surface area contributed by atoms with Gasteiger partial charge in [0.15, 0.2) is 17.5 Å². The minimum absolute atomic E-state index is 0.631. The van der Waals surface area contributed by atoms with Crippen LogP contribution in [-0.4, -0.2) is 15.0 Å². The van der Waals surface area contributed by atoms with Crippen LogP contribution >= 0.6 is 0 Å². The van der Waals surface area contributed by atoms with Gasteiger partial charge in [0.25, 0.3) is 0 Å². The molecule has 8 aromatic carbocycles. The lowest BCUT2D eigenvalue weighted by molar-refractivity contribution is 0.669. The van der Waals surface area contributed by atoms with Crippen molar-refractivity contribution in [1.82, 2.24) is 15.0 Å². The number of rotatable bonds is 5. The van der Waals surface area contributed by atoms with E-state index in [4.69, 9.17) is 19.4 Å². The van der Waals surface area contributed by atoms with Crippen molar-refractivity contribution in [2.45, 2.75) is 0 Å². The van der Waals surface area contributed by atoms with E-state index in [0.29, 0.717) is 17.5 Å². The van der Waals surface area contributed by atoms with Gasteiger partial charge < -0.3 is 4.42 Å². The number of benzene rings is 8. The van der Waals surface area contributed by atoms with Crippen LogP contribution in [0.4, 0.5) is 0 Å². The first-order valence-corrected chi connectivity index (χ1v) is 17.1. The van der Waals surface area contributed by atoms with Crippen LogP contribution in [0, 0.1) is 0 Å². The summed E-state index contributed by atoms with van der Waals surface area (Å²) in [4.78, 5) is 15.2. The summed E-state index contributed by atoms with van der Waals surface area (Å²) >= 11 is 0. The average molecular weight is 652 g/mol. The molecule has 10 rings (SSSR count). The molecule has 238 valence electrons. The summed E-state index contributed by atoms with van der Waals surface area (Å²) in [6, 6.07) is 61.1. The minimum atomic E-state index is 0.631. The molecule has 4 heteroatoms. The van der Waals surface area contributed by atoms with Crippen molar-refractivity contribution in [3.63, 3.8) is 0 Å². The van der Waals surface area contributed by atoms with Crippen LogP contribution in [-0.2, 0) is 0 Å². The first-order chi connectivity index (χ1) is 25.3. The maximum Gasteiger partial charge on any atom is 0.164 e. The third kappa shape index (κ3) is 5.04. The predicted octanol–water partition coefficient (Wildman–Crippen LogP) is 12.4. The molecule has 2 heterocycles. The molecule has 0 fully saturated rings. The Morgan fingerprint density at radius 2 is 0.863 bits per heavy atom. The van der Waals surface area contributed by atoms with Crippen molar-refractivity contribution in [2.24, 2.45) is 0 Å². The largest absolute Gasteiger partial charge is 0.456 e. The second-order valence-corrected chi connectivity index (χ2v) is 12.8. The Morgan fingerprint density at radius 3 is 1.69 bits per heavy atom. The number of nitrogens with zero attached hydrogens (tertiary/aromatic N) is 3. The van der Waals surface area contributed by atoms with E-state index in [0.717, 1.165) is 66.1 Å². The molecule has 0 radical (unpaired) electrons. The maximum atomic E-state index is 6.25. The fraction of sp³-hybridized carbons (Fsp3) is 0. The van der Waals surface area contributed by atoms with E-state index in [1.54, 1.807) is 0 Å². The van der Waals surface area contributed by atoms with Crippen LogP contribution in [0.1, 0.15) is 0 Å². The van der Waals surface area contributed by atoms with Crippen molar-refractivity contribution < 1.29 is 4.42 Å². The molecule has 0 atom stereocenters. The quantitative estimate of drug-likeness (QED) is 0.186. The van der Waals surface area contributed by atoms with E-state index in [1.165, 1.54) is 16.3 Å². The molecule has 0 saturated heterocycles. The molecule has 51 heavy (non-hydrogen) atoms. The molecule has 0 saturated carbocycles. The fourth-order valence-electron chi connectivity index (χ4n) is 7.26. The third-order valence-electron chi connectivity index (χ3n) is 9.75. The fourth-order valence-corrected chi connectivity index (χ4v) is 7.26. The lowest BCUT2D eigenvalue weighted by Gasteiger charge is -2.13. The molecular weight excluding hydrogens is 623 g/mol. The second kappa shape index (κ2) is 11.9. The normalized spacial score (nSPS) is 11.5. The Morgan fingerprint density at radius 1 is 0.314 bits per heavy atom. The minimum Gasteiger partial charge on any atom is -0.456 e. The van der Waals surface area contributed by atoms with Gasteiger partial charge in [-0.3, -0.25) is 0 Å². The highest BCUT2D eigenvalue weighted by Crippen LogP contribution is 2.41. The number of hydrogen-bond acceptors (Lipinski definition) is 4. The molecule has 2 aromatic heterocycles. The van der Waals surface area contributed by atoms with E-state index < -0.39 is 0 Å². The molecule has 0 aliphatic heterocycles. The van der Waals surface area contributed by atoms with Crippen LogP contribution in [0.2, 0.25) is 0 Å². The van der Waals surface area contributed by atoms with Gasteiger partial charge in [-0.25, -0.2) is 15.0 Å². The van der Waals surface area contributed by atoms with Gasteiger partial charge in [0.1, 0.15) is 11.2 Å². The highest BCUT2D eigenvalue weighted by molar-refractivity contribution is 6.16. The van der Waals surface area contributed by atoms with Crippen molar-refractivity contribution in [2.75, 3.05) is 0 Å². The summed E-state index contributed by atoms with van der Waals surface area (Å²) in [6.07, 6.45) is 0. The third-order valence-corrected chi connectivity index (χ3v) is 9.75. The Labute approximate surface area is 294 Å². The van der Waals surface area contributed by atoms with Crippen LogP contribution in [0.5, 0.6) is 0 Å². The zero-order chi connectivity index (χ0) is 33.7. The Kier molecular flexibility index (Phi) is 6.78. The monoisotopic (exact) mass is 651 g/mol. The summed E-state index contributed by atoms with van der Waals surface area (Å²) in [5, 5.41) is 6.88. The van der Waals surface area contributed by atoms with Gasteiger partial charge in [-0.15, -0.1) is 0 Å². The molecular formula is C47H29N3O. The smallest absolute Gasteiger partial charge is 0.164 e. The van der Waals surface area contributed by atoms with Crippen LogP contribution in [0.25, 0.3) is 99.9 Å². The number of furan rings is 1. The molecule has 10 aromatic rings. The van der Waals surface area contributed by atoms with Crippen LogP contribution in [0.3, 0.4) is 0 Å². The standard InChI is InChI=1S/C47H29N3O/c1-2-12-32(13-3-1)45-48-46(33-26-23-31(24-27-33)35-28-25-30-11-4-5-14-34(30)29-35)50-47(49-45)40-20-9-16-36-37(17-8-18-38(36)40)39-19-10-22-43-44(39)41-15-6-7-21-42(41)51-43/h1-29H. The van der Waals surface area contributed by atoms with Gasteiger partial charge in [-0.2, -0.15) is 0 Å². The van der Waals surface area contributed by atoms with Crippen molar-refractivity contribution in [3.8, 4) is 56.4 Å².